The molecule has 0 radical (unpaired) electrons. The molecule has 23 heavy (non-hydrogen) atoms. The van der Waals surface area contributed by atoms with Crippen LogP contribution in [0, 0.1) is 11.3 Å². The van der Waals surface area contributed by atoms with Crippen molar-refractivity contribution in [3.63, 3.8) is 0 Å². The highest BCUT2D eigenvalue weighted by Gasteiger charge is 2.12. The van der Waals surface area contributed by atoms with Gasteiger partial charge in [0.15, 0.2) is 0 Å². The van der Waals surface area contributed by atoms with Crippen LogP contribution in [0.25, 0.3) is 22.4 Å². The number of nitriles is 1. The molecule has 0 fully saturated rings. The molecule has 3 nitrogen and oxygen atoms in total. The fourth-order valence-corrected chi connectivity index (χ4v) is 2.87. The van der Waals surface area contributed by atoms with Gasteiger partial charge in [-0.2, -0.15) is 5.26 Å². The summed E-state index contributed by atoms with van der Waals surface area (Å²) >= 11 is 0. The summed E-state index contributed by atoms with van der Waals surface area (Å²) in [5.41, 5.74) is 7.08. The van der Waals surface area contributed by atoms with E-state index >= 15 is 0 Å². The van der Waals surface area contributed by atoms with Crippen LogP contribution in [0.1, 0.15) is 16.7 Å². The van der Waals surface area contributed by atoms with E-state index in [-0.39, 0.29) is 0 Å². The quantitative estimate of drug-likeness (QED) is 0.710. The Balaban J connectivity index is 1.87. The lowest BCUT2D eigenvalue weighted by atomic mass is 9.96. The number of pyridine rings is 1. The Hall–Kier alpha value is -3.25. The summed E-state index contributed by atoms with van der Waals surface area (Å²) in [7, 11) is 0. The first-order valence-electron chi connectivity index (χ1n) is 7.44. The SMILES string of the molecule is N#Cc1cccc(-c2ncccc2-c2ccc3c(c2)C=NC3)c1. The predicted octanol–water partition coefficient (Wildman–Crippen LogP) is 4.22. The normalized spacial score (nSPS) is 12.0. The minimum absolute atomic E-state index is 0.639. The van der Waals surface area contributed by atoms with Gasteiger partial charge in [0.2, 0.25) is 0 Å². The minimum atomic E-state index is 0.639. The van der Waals surface area contributed by atoms with Crippen molar-refractivity contribution < 1.29 is 0 Å². The summed E-state index contributed by atoms with van der Waals surface area (Å²) < 4.78 is 0. The summed E-state index contributed by atoms with van der Waals surface area (Å²) in [5, 5.41) is 9.12. The number of aliphatic imine (C=N–C) groups is 1. The number of aromatic nitrogens is 1. The highest BCUT2D eigenvalue weighted by Crippen LogP contribution is 2.32. The summed E-state index contributed by atoms with van der Waals surface area (Å²) in [4.78, 5) is 8.86. The molecule has 0 unspecified atom stereocenters. The van der Waals surface area contributed by atoms with Crippen molar-refractivity contribution >= 4 is 6.21 Å². The zero-order valence-electron chi connectivity index (χ0n) is 12.4. The van der Waals surface area contributed by atoms with Crippen LogP contribution in [-0.4, -0.2) is 11.2 Å². The Morgan fingerprint density at radius 1 is 0.957 bits per heavy atom. The predicted molar refractivity (Wildman–Crippen MR) is 91.1 cm³/mol. The van der Waals surface area contributed by atoms with Gasteiger partial charge in [-0.25, -0.2) is 0 Å². The largest absolute Gasteiger partial charge is 0.288 e. The molecule has 4 rings (SSSR count). The maximum atomic E-state index is 9.12. The Morgan fingerprint density at radius 3 is 2.83 bits per heavy atom. The number of benzene rings is 2. The summed E-state index contributed by atoms with van der Waals surface area (Å²) in [6.45, 7) is 0.764. The molecule has 2 aromatic carbocycles. The molecule has 1 aliphatic heterocycles. The Kier molecular flexibility index (Phi) is 3.21. The zero-order chi connectivity index (χ0) is 15.6. The van der Waals surface area contributed by atoms with Gasteiger partial charge < -0.3 is 0 Å². The second-order valence-corrected chi connectivity index (χ2v) is 5.48. The number of rotatable bonds is 2. The lowest BCUT2D eigenvalue weighted by molar-refractivity contribution is 1.11. The minimum Gasteiger partial charge on any atom is -0.288 e. The number of nitrogens with zero attached hydrogens (tertiary/aromatic N) is 3. The lowest BCUT2D eigenvalue weighted by Crippen LogP contribution is -1.91. The second kappa shape index (κ2) is 5.51. The van der Waals surface area contributed by atoms with E-state index < -0.39 is 0 Å². The van der Waals surface area contributed by atoms with E-state index in [0.717, 1.165) is 28.9 Å². The fraction of sp³-hybridized carbons (Fsp3) is 0.0500. The average Bonchev–Trinajstić information content (AvgIpc) is 3.09. The maximum Gasteiger partial charge on any atom is 0.0991 e. The average molecular weight is 295 g/mol. The van der Waals surface area contributed by atoms with Gasteiger partial charge >= 0.3 is 0 Å². The van der Waals surface area contributed by atoms with E-state index in [1.54, 1.807) is 12.3 Å². The molecule has 0 saturated carbocycles. The Bertz CT molecular complexity index is 965. The van der Waals surface area contributed by atoms with Crippen molar-refractivity contribution in [2.45, 2.75) is 6.54 Å². The Morgan fingerprint density at radius 2 is 1.91 bits per heavy atom. The first-order chi connectivity index (χ1) is 11.3. The lowest BCUT2D eigenvalue weighted by Gasteiger charge is -2.10. The molecule has 2 heterocycles. The smallest absolute Gasteiger partial charge is 0.0991 e. The zero-order valence-corrected chi connectivity index (χ0v) is 12.4. The van der Waals surface area contributed by atoms with Gasteiger partial charge in [0.05, 0.1) is 23.9 Å². The van der Waals surface area contributed by atoms with Crippen molar-refractivity contribution in [2.24, 2.45) is 4.99 Å². The van der Waals surface area contributed by atoms with Crippen LogP contribution in [0.4, 0.5) is 0 Å². The van der Waals surface area contributed by atoms with Crippen LogP contribution in [0.2, 0.25) is 0 Å². The molecule has 0 spiro atoms. The number of fused-ring (bicyclic) bond motifs is 1. The number of hydrogen-bond acceptors (Lipinski definition) is 3. The van der Waals surface area contributed by atoms with Gasteiger partial charge in [-0.05, 0) is 41.0 Å². The molecule has 0 N–H and O–H groups in total. The van der Waals surface area contributed by atoms with E-state index in [2.05, 4.69) is 40.3 Å². The van der Waals surface area contributed by atoms with Gasteiger partial charge in [-0.1, -0.05) is 30.3 Å². The van der Waals surface area contributed by atoms with E-state index in [1.807, 2.05) is 30.5 Å². The van der Waals surface area contributed by atoms with Gasteiger partial charge in [-0.3, -0.25) is 9.98 Å². The summed E-state index contributed by atoms with van der Waals surface area (Å²) in [6, 6.07) is 20.1. The van der Waals surface area contributed by atoms with E-state index in [4.69, 9.17) is 5.26 Å². The van der Waals surface area contributed by atoms with Crippen molar-refractivity contribution in [3.8, 4) is 28.5 Å². The summed E-state index contributed by atoms with van der Waals surface area (Å²) in [6.07, 6.45) is 3.71. The fourth-order valence-electron chi connectivity index (χ4n) is 2.87. The molecule has 3 aromatic rings. The first-order valence-corrected chi connectivity index (χ1v) is 7.44. The van der Waals surface area contributed by atoms with Crippen LogP contribution in [0.3, 0.4) is 0 Å². The third-order valence-corrected chi connectivity index (χ3v) is 4.02. The van der Waals surface area contributed by atoms with Crippen molar-refractivity contribution in [3.05, 3.63) is 77.5 Å². The molecule has 1 aliphatic rings. The maximum absolute atomic E-state index is 9.12. The van der Waals surface area contributed by atoms with Crippen LogP contribution in [0.5, 0.6) is 0 Å². The topological polar surface area (TPSA) is 49.0 Å². The molecule has 0 atom stereocenters. The molecule has 0 bridgehead atoms. The molecule has 0 aliphatic carbocycles. The van der Waals surface area contributed by atoms with Gasteiger partial charge in [0.25, 0.3) is 0 Å². The highest BCUT2D eigenvalue weighted by molar-refractivity contribution is 5.89. The van der Waals surface area contributed by atoms with Crippen LogP contribution in [0.15, 0.2) is 65.8 Å². The molecule has 0 amide bonds. The number of hydrogen-bond donors (Lipinski definition) is 0. The Labute approximate surface area is 134 Å². The second-order valence-electron chi connectivity index (χ2n) is 5.48. The van der Waals surface area contributed by atoms with E-state index in [0.29, 0.717) is 5.56 Å². The molecule has 1 aromatic heterocycles. The van der Waals surface area contributed by atoms with Crippen molar-refractivity contribution in [2.75, 3.05) is 0 Å². The van der Waals surface area contributed by atoms with E-state index in [1.165, 1.54) is 11.1 Å². The molecular formula is C20H13N3. The monoisotopic (exact) mass is 295 g/mol. The third-order valence-electron chi connectivity index (χ3n) is 4.02. The first kappa shape index (κ1) is 13.4. The van der Waals surface area contributed by atoms with Crippen LogP contribution >= 0.6 is 0 Å². The van der Waals surface area contributed by atoms with E-state index in [9.17, 15) is 0 Å². The summed E-state index contributed by atoms with van der Waals surface area (Å²) in [5.74, 6) is 0. The highest BCUT2D eigenvalue weighted by atomic mass is 14.7. The molecule has 0 saturated heterocycles. The van der Waals surface area contributed by atoms with Crippen molar-refractivity contribution in [1.29, 1.82) is 5.26 Å². The van der Waals surface area contributed by atoms with Gasteiger partial charge in [-0.15, -0.1) is 0 Å². The van der Waals surface area contributed by atoms with Gasteiger partial charge in [0.1, 0.15) is 0 Å². The third kappa shape index (κ3) is 2.41. The molecular weight excluding hydrogens is 282 g/mol. The van der Waals surface area contributed by atoms with Crippen molar-refractivity contribution in [1.82, 2.24) is 4.98 Å². The molecule has 108 valence electrons. The van der Waals surface area contributed by atoms with Crippen LogP contribution < -0.4 is 0 Å². The standard InChI is InChI=1S/C20H13N3/c21-11-14-3-1-4-16(9-14)20-19(5-2-8-23-20)15-6-7-17-12-22-13-18(17)10-15/h1-10,13H,12H2. The van der Waals surface area contributed by atoms with Crippen LogP contribution in [-0.2, 0) is 6.54 Å². The molecule has 3 heteroatoms. The van der Waals surface area contributed by atoms with Gasteiger partial charge in [0, 0.05) is 23.5 Å².